The third kappa shape index (κ3) is 70.0. The molecular weight excluding hydrogens is 1400 g/mol. The molecule has 0 atom stereocenters. The van der Waals surface area contributed by atoms with Gasteiger partial charge >= 0.3 is 0 Å². The molecule has 10 saturated heterocycles. The van der Waals surface area contributed by atoms with Crippen LogP contribution < -0.4 is 5.32 Å². The van der Waals surface area contributed by atoms with Crippen LogP contribution in [0.5, 0.6) is 0 Å². The van der Waals surface area contributed by atoms with Crippen LogP contribution in [0.1, 0.15) is 386 Å². The molecule has 0 aromatic carbocycles. The lowest BCUT2D eigenvalue weighted by atomic mass is 10.1. The van der Waals surface area contributed by atoms with E-state index in [9.17, 15) is 28.8 Å². The number of hydrogen-bond acceptors (Lipinski definition) is 15. The van der Waals surface area contributed by atoms with Crippen molar-refractivity contribution in [2.24, 2.45) is 0 Å². The van der Waals surface area contributed by atoms with Crippen molar-refractivity contribution in [1.82, 2.24) is 54.3 Å². The van der Waals surface area contributed by atoms with E-state index < -0.39 is 0 Å². The highest BCUT2D eigenvalue weighted by molar-refractivity contribution is 8.13. The van der Waals surface area contributed by atoms with Crippen LogP contribution in [0.3, 0.4) is 0 Å². The van der Waals surface area contributed by atoms with E-state index in [0.29, 0.717) is 49.7 Å². The van der Waals surface area contributed by atoms with Crippen molar-refractivity contribution in [3.63, 3.8) is 0 Å². The van der Waals surface area contributed by atoms with Crippen molar-refractivity contribution >= 4 is 46.5 Å². The van der Waals surface area contributed by atoms with Crippen LogP contribution in [0.2, 0.25) is 0 Å². The summed E-state index contributed by atoms with van der Waals surface area (Å²) in [6.45, 7) is 104. The maximum Gasteiger partial charge on any atom is 0.281 e. The average molecular weight is 1610 g/mol. The van der Waals surface area contributed by atoms with E-state index in [1.54, 1.807) is 0 Å². The zero-order chi connectivity index (χ0) is 88.6. The number of likely N-dealkylation sites (tertiary alicyclic amines) is 7. The molecule has 0 aliphatic carbocycles. The van der Waals surface area contributed by atoms with Crippen LogP contribution in [0.25, 0.3) is 0 Å². The number of rotatable bonds is 10. The minimum Gasteiger partial charge on any atom is -0.379 e. The number of hydrogen-bond donors (Lipinski definition) is 1. The molecule has 1 N–H and O–H groups in total. The summed E-state index contributed by atoms with van der Waals surface area (Å²) in [6.07, 6.45) is 18.4. The molecule has 18 nitrogen and oxygen atoms in total. The predicted molar refractivity (Wildman–Crippen MR) is 496 cm³/mol. The van der Waals surface area contributed by atoms with E-state index in [0.717, 1.165) is 108 Å². The van der Waals surface area contributed by atoms with Crippen molar-refractivity contribution in [2.75, 3.05) is 124 Å². The number of thioether (sulfide) groups is 1. The Kier molecular flexibility index (Phi) is 108. The first kappa shape index (κ1) is 129. The lowest BCUT2D eigenvalue weighted by Crippen LogP contribution is -2.46. The summed E-state index contributed by atoms with van der Waals surface area (Å²) < 4.78 is 5.21. The number of nitrogens with zero attached hydrogens (tertiary/aromatic N) is 10. The minimum atomic E-state index is -0.0278. The predicted octanol–water partition coefficient (Wildman–Crippen LogP) is 22.1. The van der Waals surface area contributed by atoms with Gasteiger partial charge in [-0.15, -0.1) is 0 Å². The van der Waals surface area contributed by atoms with Gasteiger partial charge < -0.3 is 39.5 Å². The molecule has 674 valence electrons. The van der Waals surface area contributed by atoms with Crippen molar-refractivity contribution in [1.29, 1.82) is 0 Å². The Bertz CT molecular complexity index is 1810. The zero-order valence-electron chi connectivity index (χ0n) is 82.5. The van der Waals surface area contributed by atoms with Gasteiger partial charge in [0, 0.05) is 151 Å². The highest BCUT2D eigenvalue weighted by Crippen LogP contribution is 2.20. The summed E-state index contributed by atoms with van der Waals surface area (Å²) >= 11 is 1.42. The SMILES string of the molecule is CC.CC.CC.CC.CC.CC.CC.CC.CC.CC.CC(C)N1C(=O)CCC1=O.CC(C)N1C(=O)CCCC1=O.CC(C)N1CCC1.CC(C)N1CCCC1.CC(C)N1CCCCC1.CC(C)N1CCCCC1.CC(C)N1CCCCC1=O.CC(C)N1CCNCC1.CC(C)N1CCOCC1.CC(C)N1CCSC1=O. The Balaban J connectivity index is -0.000000124. The first-order chi connectivity index (χ1) is 53.0. The number of imide groups is 2. The van der Waals surface area contributed by atoms with Gasteiger partial charge in [-0.25, -0.2) is 0 Å². The zero-order valence-corrected chi connectivity index (χ0v) is 83.3. The molecule has 111 heavy (non-hydrogen) atoms. The maximum atomic E-state index is 11.2. The van der Waals surface area contributed by atoms with Crippen molar-refractivity contribution in [3.05, 3.63) is 0 Å². The molecule has 10 rings (SSSR count). The highest BCUT2D eigenvalue weighted by Gasteiger charge is 2.31. The van der Waals surface area contributed by atoms with Crippen molar-refractivity contribution in [2.45, 2.75) is 447 Å². The number of piperidine rings is 4. The first-order valence-electron chi connectivity index (χ1n) is 46.7. The number of amides is 6. The smallest absolute Gasteiger partial charge is 0.281 e. The molecule has 0 spiro atoms. The molecule has 0 aromatic rings. The summed E-state index contributed by atoms with van der Waals surface area (Å²) in [5.41, 5.74) is 0. The first-order valence-corrected chi connectivity index (χ1v) is 47.7. The molecule has 0 saturated carbocycles. The molecule has 10 fully saturated rings. The lowest BCUT2D eigenvalue weighted by molar-refractivity contribution is -0.150. The Hall–Kier alpha value is -2.75. The van der Waals surface area contributed by atoms with E-state index in [4.69, 9.17) is 4.74 Å². The summed E-state index contributed by atoms with van der Waals surface area (Å²) in [4.78, 5) is 87.8. The highest BCUT2D eigenvalue weighted by atomic mass is 32.2. The van der Waals surface area contributed by atoms with Gasteiger partial charge in [-0.3, -0.25) is 48.4 Å². The minimum absolute atomic E-state index is 0.0174. The summed E-state index contributed by atoms with van der Waals surface area (Å²) in [7, 11) is 0. The van der Waals surface area contributed by atoms with Gasteiger partial charge in [0.1, 0.15) is 0 Å². The average Bonchev–Trinajstić information content (AvgIpc) is 1.64. The fourth-order valence-corrected chi connectivity index (χ4v) is 13.0. The number of ether oxygens (including phenoxy) is 1. The van der Waals surface area contributed by atoms with Crippen LogP contribution in [0.15, 0.2) is 0 Å². The molecule has 10 heterocycles. The monoisotopic (exact) mass is 1610 g/mol. The lowest BCUT2D eigenvalue weighted by Gasteiger charge is -2.34. The Morgan fingerprint density at radius 2 is 0.495 bits per heavy atom. The normalized spacial score (nSPS) is 18.2. The molecule has 0 aromatic heterocycles. The number of carbonyl (C=O) groups is 6. The molecule has 0 radical (unpaired) electrons. The summed E-state index contributed by atoms with van der Waals surface area (Å²) in [5, 5.41) is 3.57. The van der Waals surface area contributed by atoms with Crippen LogP contribution in [-0.4, -0.2) is 268 Å². The fourth-order valence-electron chi connectivity index (χ4n) is 12.0. The Morgan fingerprint density at radius 3 is 0.685 bits per heavy atom. The van der Waals surface area contributed by atoms with Crippen molar-refractivity contribution < 1.29 is 33.5 Å². The van der Waals surface area contributed by atoms with Crippen LogP contribution in [0.4, 0.5) is 4.79 Å². The second kappa shape index (κ2) is 92.8. The molecule has 10 aliphatic heterocycles. The van der Waals surface area contributed by atoms with Gasteiger partial charge in [-0.05, 0) is 255 Å². The molecule has 0 bridgehead atoms. The second-order valence-electron chi connectivity index (χ2n) is 28.7. The van der Waals surface area contributed by atoms with Crippen LogP contribution in [-0.2, 0) is 28.7 Å². The van der Waals surface area contributed by atoms with Crippen LogP contribution >= 0.6 is 11.8 Å². The van der Waals surface area contributed by atoms with Gasteiger partial charge in [-0.2, -0.15) is 0 Å². The van der Waals surface area contributed by atoms with E-state index in [1.165, 1.54) is 151 Å². The molecule has 0 unspecified atom stereocenters. The van der Waals surface area contributed by atoms with E-state index in [2.05, 4.69) is 132 Å². The van der Waals surface area contributed by atoms with Crippen molar-refractivity contribution in [3.8, 4) is 0 Å². The van der Waals surface area contributed by atoms with Gasteiger partial charge in [0.2, 0.25) is 29.5 Å². The largest absolute Gasteiger partial charge is 0.379 e. The van der Waals surface area contributed by atoms with Gasteiger partial charge in [0.05, 0.1) is 13.2 Å². The standard InChI is InChI=1S/C8H13NO2.C8H15NO.2C8H17N.C7H16N2.C7H11NO2.C7H15NO.C7H15N.C6H11NOS.C6H13N.10C2H6/c1-6(2)9-7(10)4-3-5-8(9)11;1-7(2)9-6-4-3-5-8(9)10;2*1-8(2)9-6-4-3-5-7-9;1-7(2)9-5-3-8-4-6-9;1-5(2)8-6(9)3-4-7(8)10;1-7(2)8-3-5-9-6-4-8;1-7(2)8-5-3-4-6-8;1-5(2)7-3-4-9-6(7)8;1-6(2)7-4-3-5-7;10*1-2/h6H,3-5H2,1-2H3;7H,3-6H2,1-2H3;2*8H,3-7H2,1-2H3;7-8H,3-6H2,1-2H3;5H,3-4H2,1-2H3;7H,3-6H2,1-2H3;7H,3-6H2,1-2H3;5H,3-4H2,1-2H3;6H,3-5H2,1-2H3;10*1-2H3. The number of nitrogens with one attached hydrogen (secondary N) is 1. The second-order valence-corrected chi connectivity index (χ2v) is 29.8. The van der Waals surface area contributed by atoms with E-state index in [1.807, 2.05) is 190 Å². The quantitative estimate of drug-likeness (QED) is 0.206. The van der Waals surface area contributed by atoms with E-state index in [-0.39, 0.29) is 41.0 Å². The van der Waals surface area contributed by atoms with Gasteiger partial charge in [0.15, 0.2) is 0 Å². The van der Waals surface area contributed by atoms with E-state index >= 15 is 0 Å². The number of morpholine rings is 1. The molecular formula is C92H203N11O7S. The Labute approximate surface area is 700 Å². The van der Waals surface area contributed by atoms with Crippen LogP contribution in [0, 0.1) is 0 Å². The molecule has 6 amide bonds. The third-order valence-electron chi connectivity index (χ3n) is 18.2. The Morgan fingerprint density at radius 1 is 0.243 bits per heavy atom. The molecule has 19 heteroatoms. The summed E-state index contributed by atoms with van der Waals surface area (Å²) in [5.74, 6) is 1.21. The maximum absolute atomic E-state index is 11.2. The van der Waals surface area contributed by atoms with Gasteiger partial charge in [-0.1, -0.05) is 163 Å². The summed E-state index contributed by atoms with van der Waals surface area (Å²) in [6, 6.07) is 5.35. The topological polar surface area (TPSA) is 156 Å². The number of piperazine rings is 1. The number of carbonyl (C=O) groups excluding carboxylic acids is 6. The fraction of sp³-hybridized carbons (Fsp3) is 0.935. The molecule has 10 aliphatic rings. The van der Waals surface area contributed by atoms with Gasteiger partial charge in [0.25, 0.3) is 5.24 Å². The third-order valence-corrected chi connectivity index (χ3v) is 19.1.